The molecule has 0 aliphatic heterocycles. The molecule has 1 saturated carbocycles. The van der Waals surface area contributed by atoms with E-state index in [-0.39, 0.29) is 5.82 Å². The van der Waals surface area contributed by atoms with E-state index in [9.17, 15) is 4.39 Å². The Morgan fingerprint density at radius 1 is 1.28 bits per heavy atom. The number of H-pyrrole nitrogens is 1. The molecular weight excluding hydrogens is 229 g/mol. The molecule has 0 saturated heterocycles. The third-order valence-corrected chi connectivity index (χ3v) is 3.62. The van der Waals surface area contributed by atoms with E-state index >= 15 is 0 Å². The molecule has 4 heteroatoms. The molecule has 3 nitrogen and oxygen atoms in total. The predicted octanol–water partition coefficient (Wildman–Crippen LogP) is 2.58. The molecule has 0 amide bonds. The summed E-state index contributed by atoms with van der Waals surface area (Å²) >= 11 is 0. The van der Waals surface area contributed by atoms with Crippen LogP contribution in [0.2, 0.25) is 0 Å². The SMILES string of the molecule is Fc1ccc(C2CC(NCc3cnc[nH]3)C2)cc1. The minimum absolute atomic E-state index is 0.160. The van der Waals surface area contributed by atoms with Gasteiger partial charge >= 0.3 is 0 Å². The van der Waals surface area contributed by atoms with Crippen LogP contribution in [0.15, 0.2) is 36.8 Å². The van der Waals surface area contributed by atoms with Crippen molar-refractivity contribution in [3.05, 3.63) is 53.9 Å². The van der Waals surface area contributed by atoms with Gasteiger partial charge in [0.2, 0.25) is 0 Å². The lowest BCUT2D eigenvalue weighted by Crippen LogP contribution is -2.39. The first-order chi connectivity index (χ1) is 8.81. The lowest BCUT2D eigenvalue weighted by atomic mass is 9.76. The topological polar surface area (TPSA) is 40.7 Å². The summed E-state index contributed by atoms with van der Waals surface area (Å²) in [6.07, 6.45) is 5.78. The van der Waals surface area contributed by atoms with Gasteiger partial charge in [-0.2, -0.15) is 0 Å². The van der Waals surface area contributed by atoms with Gasteiger partial charge in [-0.25, -0.2) is 9.37 Å². The molecule has 1 aromatic heterocycles. The minimum atomic E-state index is -0.160. The van der Waals surface area contributed by atoms with Gasteiger partial charge in [0.1, 0.15) is 5.82 Å². The normalized spacial score (nSPS) is 22.7. The Labute approximate surface area is 105 Å². The number of aromatic amines is 1. The van der Waals surface area contributed by atoms with E-state index in [0.29, 0.717) is 12.0 Å². The first-order valence-corrected chi connectivity index (χ1v) is 6.27. The molecule has 0 bridgehead atoms. The quantitative estimate of drug-likeness (QED) is 0.869. The summed E-state index contributed by atoms with van der Waals surface area (Å²) in [6.45, 7) is 0.834. The lowest BCUT2D eigenvalue weighted by molar-refractivity contribution is 0.288. The Morgan fingerprint density at radius 3 is 2.72 bits per heavy atom. The van der Waals surface area contributed by atoms with E-state index in [4.69, 9.17) is 0 Å². The molecule has 1 aromatic carbocycles. The fourth-order valence-electron chi connectivity index (χ4n) is 2.43. The average Bonchev–Trinajstić information content (AvgIpc) is 2.82. The maximum absolute atomic E-state index is 12.8. The molecular formula is C14H16FN3. The highest BCUT2D eigenvalue weighted by molar-refractivity contribution is 5.23. The van der Waals surface area contributed by atoms with E-state index in [1.54, 1.807) is 18.5 Å². The zero-order valence-electron chi connectivity index (χ0n) is 10.1. The second-order valence-electron chi connectivity index (χ2n) is 4.87. The number of aromatic nitrogens is 2. The van der Waals surface area contributed by atoms with Crippen molar-refractivity contribution in [3.8, 4) is 0 Å². The molecule has 1 heterocycles. The van der Waals surface area contributed by atoms with E-state index in [2.05, 4.69) is 15.3 Å². The summed E-state index contributed by atoms with van der Waals surface area (Å²) in [6, 6.07) is 7.43. The van der Waals surface area contributed by atoms with Gasteiger partial charge in [0.25, 0.3) is 0 Å². The first-order valence-electron chi connectivity index (χ1n) is 6.27. The van der Waals surface area contributed by atoms with Crippen molar-refractivity contribution >= 4 is 0 Å². The zero-order valence-corrected chi connectivity index (χ0v) is 10.1. The average molecular weight is 245 g/mol. The van der Waals surface area contributed by atoms with Gasteiger partial charge in [-0.3, -0.25) is 0 Å². The zero-order chi connectivity index (χ0) is 12.4. The Kier molecular flexibility index (Phi) is 3.11. The van der Waals surface area contributed by atoms with Crippen molar-refractivity contribution in [2.45, 2.75) is 31.3 Å². The summed E-state index contributed by atoms with van der Waals surface area (Å²) in [7, 11) is 0. The minimum Gasteiger partial charge on any atom is -0.347 e. The molecule has 1 aliphatic rings. The van der Waals surface area contributed by atoms with E-state index in [1.165, 1.54) is 5.56 Å². The van der Waals surface area contributed by atoms with E-state index < -0.39 is 0 Å². The number of nitrogens with one attached hydrogen (secondary N) is 2. The molecule has 94 valence electrons. The van der Waals surface area contributed by atoms with Crippen LogP contribution in [-0.2, 0) is 6.54 Å². The van der Waals surface area contributed by atoms with Gasteiger partial charge in [-0.1, -0.05) is 12.1 Å². The molecule has 0 radical (unpaired) electrons. The Morgan fingerprint density at radius 2 is 2.06 bits per heavy atom. The third-order valence-electron chi connectivity index (χ3n) is 3.62. The highest BCUT2D eigenvalue weighted by Gasteiger charge is 2.29. The molecule has 3 rings (SSSR count). The molecule has 0 atom stereocenters. The standard InChI is InChI=1S/C14H16FN3/c15-12-3-1-10(2-4-12)11-5-13(6-11)17-8-14-7-16-9-18-14/h1-4,7,9,11,13,17H,5-6,8H2,(H,16,18). The molecule has 0 spiro atoms. The Hall–Kier alpha value is -1.68. The van der Waals surface area contributed by atoms with Gasteiger partial charge in [0, 0.05) is 24.5 Å². The van der Waals surface area contributed by atoms with Gasteiger partial charge in [-0.15, -0.1) is 0 Å². The van der Waals surface area contributed by atoms with Crippen LogP contribution in [-0.4, -0.2) is 16.0 Å². The number of halogens is 1. The summed E-state index contributed by atoms with van der Waals surface area (Å²) < 4.78 is 12.8. The number of nitrogens with zero attached hydrogens (tertiary/aromatic N) is 1. The molecule has 2 aromatic rings. The summed E-state index contributed by atoms with van der Waals surface area (Å²) in [5, 5.41) is 3.49. The van der Waals surface area contributed by atoms with Crippen LogP contribution in [0.3, 0.4) is 0 Å². The highest BCUT2D eigenvalue weighted by atomic mass is 19.1. The van der Waals surface area contributed by atoms with Crippen LogP contribution in [0.1, 0.15) is 30.0 Å². The number of imidazole rings is 1. The van der Waals surface area contributed by atoms with Crippen LogP contribution >= 0.6 is 0 Å². The van der Waals surface area contributed by atoms with Gasteiger partial charge in [-0.05, 0) is 36.5 Å². The smallest absolute Gasteiger partial charge is 0.123 e. The Bertz CT molecular complexity index is 486. The predicted molar refractivity (Wildman–Crippen MR) is 67.6 cm³/mol. The monoisotopic (exact) mass is 245 g/mol. The van der Waals surface area contributed by atoms with Crippen molar-refractivity contribution in [2.75, 3.05) is 0 Å². The molecule has 0 unspecified atom stereocenters. The Balaban J connectivity index is 1.47. The third kappa shape index (κ3) is 2.43. The second-order valence-corrected chi connectivity index (χ2v) is 4.87. The van der Waals surface area contributed by atoms with Crippen molar-refractivity contribution in [3.63, 3.8) is 0 Å². The maximum atomic E-state index is 12.8. The largest absolute Gasteiger partial charge is 0.347 e. The van der Waals surface area contributed by atoms with Crippen molar-refractivity contribution in [1.82, 2.24) is 15.3 Å². The van der Waals surface area contributed by atoms with E-state index in [0.717, 1.165) is 25.1 Å². The fourth-order valence-corrected chi connectivity index (χ4v) is 2.43. The molecule has 1 aliphatic carbocycles. The lowest BCUT2D eigenvalue weighted by Gasteiger charge is -2.36. The van der Waals surface area contributed by atoms with Gasteiger partial charge < -0.3 is 10.3 Å². The number of rotatable bonds is 4. The van der Waals surface area contributed by atoms with Crippen molar-refractivity contribution in [1.29, 1.82) is 0 Å². The molecule has 2 N–H and O–H groups in total. The summed E-state index contributed by atoms with van der Waals surface area (Å²) in [4.78, 5) is 7.06. The van der Waals surface area contributed by atoms with E-state index in [1.807, 2.05) is 18.3 Å². The van der Waals surface area contributed by atoms with Gasteiger partial charge in [0.05, 0.1) is 6.33 Å². The van der Waals surface area contributed by atoms with Crippen LogP contribution < -0.4 is 5.32 Å². The number of benzene rings is 1. The van der Waals surface area contributed by atoms with Crippen LogP contribution in [0.4, 0.5) is 4.39 Å². The maximum Gasteiger partial charge on any atom is 0.123 e. The van der Waals surface area contributed by atoms with Crippen molar-refractivity contribution in [2.24, 2.45) is 0 Å². The van der Waals surface area contributed by atoms with Crippen LogP contribution in [0.5, 0.6) is 0 Å². The summed E-state index contributed by atoms with van der Waals surface area (Å²) in [5.41, 5.74) is 2.36. The number of hydrogen-bond acceptors (Lipinski definition) is 2. The summed E-state index contributed by atoms with van der Waals surface area (Å²) in [5.74, 6) is 0.414. The molecule has 1 fully saturated rings. The van der Waals surface area contributed by atoms with Gasteiger partial charge in [0.15, 0.2) is 0 Å². The second kappa shape index (κ2) is 4.90. The highest BCUT2D eigenvalue weighted by Crippen LogP contribution is 2.36. The van der Waals surface area contributed by atoms with Crippen molar-refractivity contribution < 1.29 is 4.39 Å². The number of hydrogen-bond donors (Lipinski definition) is 2. The van der Waals surface area contributed by atoms with Crippen LogP contribution in [0, 0.1) is 5.82 Å². The van der Waals surface area contributed by atoms with Crippen LogP contribution in [0.25, 0.3) is 0 Å². The molecule has 18 heavy (non-hydrogen) atoms. The fraction of sp³-hybridized carbons (Fsp3) is 0.357. The first kappa shape index (κ1) is 11.4.